The molecular weight excluding hydrogens is 465 g/mol. The molecule has 0 heterocycles. The average molecular weight is 515 g/mol. The van der Waals surface area contributed by atoms with Gasteiger partial charge in [-0.2, -0.15) is 11.5 Å². The molecule has 0 atom stereocenters. The molecule has 0 spiro atoms. The van der Waals surface area contributed by atoms with Gasteiger partial charge in [0.15, 0.2) is 0 Å². The molecule has 0 aromatic heterocycles. The van der Waals surface area contributed by atoms with Crippen molar-refractivity contribution < 1.29 is 27.3 Å². The van der Waals surface area contributed by atoms with E-state index >= 15 is 0 Å². The van der Waals surface area contributed by atoms with Gasteiger partial charge in [0.2, 0.25) is 0 Å². The van der Waals surface area contributed by atoms with Gasteiger partial charge in [0.25, 0.3) is 0 Å². The molecule has 0 rings (SSSR count). The van der Waals surface area contributed by atoms with E-state index < -0.39 is 0 Å². The first-order valence-electron chi connectivity index (χ1n) is 12.0. The largest absolute Gasteiger partial charge is 2.00 e. The van der Waals surface area contributed by atoms with Crippen molar-refractivity contribution in [1.29, 1.82) is 0 Å². The Morgan fingerprint density at radius 1 is 0.333 bits per heavy atom. The van der Waals surface area contributed by atoms with Crippen LogP contribution < -0.4 is 0 Å². The molecule has 0 radical (unpaired) electrons. The number of rotatable bonds is 20. The quantitative estimate of drug-likeness (QED) is 0.0903. The standard InChI is InChI=1S/2C12H26S.Cd/c2*1-2-3-4-5-6-7-8-9-10-11-12-13;/h2*13H,2-12H2,1H3;/q;;+2/p-2. The second kappa shape index (κ2) is 35.1. The summed E-state index contributed by atoms with van der Waals surface area (Å²) in [4.78, 5) is 0. The fraction of sp³-hybridized carbons (Fsp3) is 1.00. The maximum atomic E-state index is 4.90. The first-order valence-corrected chi connectivity index (χ1v) is 13.1. The van der Waals surface area contributed by atoms with Crippen molar-refractivity contribution in [2.24, 2.45) is 0 Å². The molecule has 0 amide bonds. The number of hydrogen-bond acceptors (Lipinski definition) is 2. The Hall–Kier alpha value is 1.62. The third-order valence-electron chi connectivity index (χ3n) is 5.00. The Kier molecular flexibility index (Phi) is 43.2. The third kappa shape index (κ3) is 38.8. The molecule has 0 N–H and O–H groups in total. The Labute approximate surface area is 205 Å². The van der Waals surface area contributed by atoms with Gasteiger partial charge in [-0.15, -0.1) is 0 Å². The molecule has 0 aliphatic heterocycles. The maximum absolute atomic E-state index is 4.90. The zero-order chi connectivity index (χ0) is 19.6. The summed E-state index contributed by atoms with van der Waals surface area (Å²) in [5.41, 5.74) is 0. The molecule has 0 aliphatic rings. The van der Waals surface area contributed by atoms with Crippen LogP contribution in [0, 0.1) is 0 Å². The first kappa shape index (κ1) is 33.3. The van der Waals surface area contributed by atoms with Crippen LogP contribution in [0.3, 0.4) is 0 Å². The zero-order valence-corrected chi connectivity index (χ0v) is 24.7. The summed E-state index contributed by atoms with van der Waals surface area (Å²) in [5, 5.41) is 0. The molecule has 0 aromatic rings. The molecule has 0 fully saturated rings. The fourth-order valence-corrected chi connectivity index (χ4v) is 3.59. The van der Waals surface area contributed by atoms with Crippen LogP contribution in [0.5, 0.6) is 0 Å². The molecule has 27 heavy (non-hydrogen) atoms. The zero-order valence-electron chi connectivity index (χ0n) is 19.1. The Morgan fingerprint density at radius 3 is 0.704 bits per heavy atom. The van der Waals surface area contributed by atoms with E-state index in [0.29, 0.717) is 0 Å². The van der Waals surface area contributed by atoms with Crippen molar-refractivity contribution in [2.45, 2.75) is 142 Å². The maximum Gasteiger partial charge on any atom is 2.00 e. The van der Waals surface area contributed by atoms with Crippen molar-refractivity contribution in [1.82, 2.24) is 0 Å². The summed E-state index contributed by atoms with van der Waals surface area (Å²) in [7, 11) is 0. The predicted molar refractivity (Wildman–Crippen MR) is 128 cm³/mol. The van der Waals surface area contributed by atoms with E-state index in [1.807, 2.05) is 0 Å². The van der Waals surface area contributed by atoms with Crippen molar-refractivity contribution >= 4 is 25.3 Å². The van der Waals surface area contributed by atoms with Crippen LogP contribution in [-0.2, 0) is 52.6 Å². The van der Waals surface area contributed by atoms with E-state index in [2.05, 4.69) is 13.8 Å². The minimum atomic E-state index is 0. The van der Waals surface area contributed by atoms with Crippen LogP contribution in [0.15, 0.2) is 0 Å². The van der Waals surface area contributed by atoms with E-state index in [1.165, 1.54) is 128 Å². The van der Waals surface area contributed by atoms with Crippen LogP contribution in [0.2, 0.25) is 0 Å². The van der Waals surface area contributed by atoms with Crippen molar-refractivity contribution in [3.05, 3.63) is 0 Å². The van der Waals surface area contributed by atoms with Gasteiger partial charge in [-0.05, 0) is 0 Å². The van der Waals surface area contributed by atoms with Crippen LogP contribution in [0.1, 0.15) is 142 Å². The fourth-order valence-electron chi connectivity index (χ4n) is 3.18. The summed E-state index contributed by atoms with van der Waals surface area (Å²) in [6.07, 6.45) is 28.1. The van der Waals surface area contributed by atoms with Gasteiger partial charge < -0.3 is 25.3 Å². The molecule has 160 valence electrons. The summed E-state index contributed by atoms with van der Waals surface area (Å²) in [6.45, 7) is 4.55. The average Bonchev–Trinajstić information content (AvgIpc) is 2.66. The van der Waals surface area contributed by atoms with E-state index in [-0.39, 0.29) is 27.3 Å². The first-order chi connectivity index (χ1) is 12.8. The van der Waals surface area contributed by atoms with Gasteiger partial charge in [-0.1, -0.05) is 142 Å². The summed E-state index contributed by atoms with van der Waals surface area (Å²) in [5.74, 6) is 1.91. The SMILES string of the molecule is CCCCCCCCCCCC[S-].CCCCCCCCCCCC[S-].[Cd+2]. The van der Waals surface area contributed by atoms with Crippen molar-refractivity contribution in [3.63, 3.8) is 0 Å². The van der Waals surface area contributed by atoms with Crippen LogP contribution in [0.25, 0.3) is 0 Å². The molecule has 0 bridgehead atoms. The van der Waals surface area contributed by atoms with Crippen molar-refractivity contribution in [2.75, 3.05) is 11.5 Å². The van der Waals surface area contributed by atoms with Crippen LogP contribution >= 0.6 is 0 Å². The molecule has 3 heteroatoms. The molecule has 0 saturated carbocycles. The minimum Gasteiger partial charge on any atom is -0.793 e. The smallest absolute Gasteiger partial charge is 0.793 e. The van der Waals surface area contributed by atoms with E-state index in [1.54, 1.807) is 0 Å². The van der Waals surface area contributed by atoms with Crippen LogP contribution in [0.4, 0.5) is 0 Å². The molecule has 0 aromatic carbocycles. The van der Waals surface area contributed by atoms with E-state index in [9.17, 15) is 0 Å². The molecule has 0 nitrogen and oxygen atoms in total. The normalized spacial score (nSPS) is 10.2. The monoisotopic (exact) mass is 516 g/mol. The van der Waals surface area contributed by atoms with Gasteiger partial charge in [0, 0.05) is 0 Å². The van der Waals surface area contributed by atoms with Crippen molar-refractivity contribution in [3.8, 4) is 0 Å². The molecular formula is C24H50CdS2. The van der Waals surface area contributed by atoms with Gasteiger partial charge >= 0.3 is 27.3 Å². The Morgan fingerprint density at radius 2 is 0.519 bits per heavy atom. The molecule has 0 unspecified atom stereocenters. The summed E-state index contributed by atoms with van der Waals surface area (Å²) in [6, 6.07) is 0. The predicted octanol–water partition coefficient (Wildman–Crippen LogP) is 8.91. The third-order valence-corrected chi connectivity index (χ3v) is 5.57. The Balaban J connectivity index is -0.000000411. The van der Waals surface area contributed by atoms with E-state index in [0.717, 1.165) is 11.5 Å². The number of hydrogen-bond donors (Lipinski definition) is 0. The summed E-state index contributed by atoms with van der Waals surface area (Å²) >= 11 is 9.80. The second-order valence-electron chi connectivity index (χ2n) is 7.77. The second-order valence-corrected chi connectivity index (χ2v) is 8.59. The molecule has 0 saturated heterocycles. The number of unbranched alkanes of at least 4 members (excludes halogenated alkanes) is 18. The van der Waals surface area contributed by atoms with Gasteiger partial charge in [0.05, 0.1) is 0 Å². The van der Waals surface area contributed by atoms with E-state index in [4.69, 9.17) is 25.3 Å². The topological polar surface area (TPSA) is 0 Å². The Bertz CT molecular complexity index is 171. The van der Waals surface area contributed by atoms with Gasteiger partial charge in [-0.25, -0.2) is 0 Å². The van der Waals surface area contributed by atoms with Gasteiger partial charge in [-0.3, -0.25) is 0 Å². The summed E-state index contributed by atoms with van der Waals surface area (Å²) < 4.78 is 0. The molecule has 0 aliphatic carbocycles. The minimum absolute atomic E-state index is 0. The van der Waals surface area contributed by atoms with Crippen LogP contribution in [-0.4, -0.2) is 11.5 Å². The van der Waals surface area contributed by atoms with Gasteiger partial charge in [0.1, 0.15) is 0 Å².